The van der Waals surface area contributed by atoms with Gasteiger partial charge in [0.2, 0.25) is 0 Å². The topological polar surface area (TPSA) is 53.6 Å². The molecular formula is C22H21ClIN3O2S3. The second-order valence-corrected chi connectivity index (χ2v) is 11.5. The number of hydrogen-bond acceptors (Lipinski definition) is 7. The number of nitrogens with zero attached hydrogens (tertiary/aromatic N) is 1. The fraction of sp³-hybridized carbons (Fsp3) is 0.227. The van der Waals surface area contributed by atoms with Gasteiger partial charge in [-0.3, -0.25) is 4.79 Å². The standard InChI is InChI=1S/C22H21ClIN3O2S3/c23-15-1-7-20(26-31-21-8-6-18(14-24)30-21)19(13-15)22(28)25-16-2-4-17(5-3-16)32-27-9-11-29-12-10-27/h1-8,13,26H,9-12,14H2,(H,25,28). The van der Waals surface area contributed by atoms with E-state index in [1.165, 1.54) is 16.8 Å². The van der Waals surface area contributed by atoms with E-state index in [2.05, 4.69) is 49.1 Å². The SMILES string of the molecule is O=C(Nc1ccc(SN2CCOCC2)cc1)c1cc(Cl)ccc1NSc1ccc(CI)s1. The Morgan fingerprint density at radius 2 is 1.91 bits per heavy atom. The number of alkyl halides is 1. The van der Waals surface area contributed by atoms with Crippen LogP contribution in [0.15, 0.2) is 63.7 Å². The number of benzene rings is 2. The molecule has 1 aliphatic heterocycles. The third-order valence-electron chi connectivity index (χ3n) is 4.57. The van der Waals surface area contributed by atoms with Crippen LogP contribution in [0.1, 0.15) is 15.2 Å². The molecule has 1 aliphatic rings. The Morgan fingerprint density at radius 1 is 1.12 bits per heavy atom. The van der Waals surface area contributed by atoms with Gasteiger partial charge in [-0.25, -0.2) is 4.31 Å². The van der Waals surface area contributed by atoms with E-state index >= 15 is 0 Å². The summed E-state index contributed by atoms with van der Waals surface area (Å²) in [5.74, 6) is -0.205. The summed E-state index contributed by atoms with van der Waals surface area (Å²) < 4.78 is 13.1. The van der Waals surface area contributed by atoms with Crippen LogP contribution in [0.4, 0.5) is 11.4 Å². The minimum absolute atomic E-state index is 0.205. The molecule has 168 valence electrons. The highest BCUT2D eigenvalue weighted by atomic mass is 127. The second-order valence-electron chi connectivity index (χ2n) is 6.86. The van der Waals surface area contributed by atoms with Gasteiger partial charge >= 0.3 is 0 Å². The molecule has 3 aromatic rings. The maximum atomic E-state index is 13.0. The second kappa shape index (κ2) is 12.0. The number of halogens is 2. The maximum Gasteiger partial charge on any atom is 0.257 e. The van der Waals surface area contributed by atoms with Crippen molar-refractivity contribution in [3.05, 3.63) is 70.1 Å². The zero-order chi connectivity index (χ0) is 22.3. The molecule has 4 rings (SSSR count). The summed E-state index contributed by atoms with van der Waals surface area (Å²) in [7, 11) is 0. The van der Waals surface area contributed by atoms with Crippen molar-refractivity contribution in [2.24, 2.45) is 0 Å². The van der Waals surface area contributed by atoms with E-state index in [9.17, 15) is 4.79 Å². The van der Waals surface area contributed by atoms with Gasteiger partial charge in [0.25, 0.3) is 5.91 Å². The van der Waals surface area contributed by atoms with Crippen molar-refractivity contribution in [1.82, 2.24) is 4.31 Å². The van der Waals surface area contributed by atoms with E-state index in [1.54, 1.807) is 35.4 Å². The van der Waals surface area contributed by atoms with E-state index in [4.69, 9.17) is 16.3 Å². The molecule has 2 aromatic carbocycles. The van der Waals surface area contributed by atoms with Gasteiger partial charge in [-0.1, -0.05) is 34.2 Å². The van der Waals surface area contributed by atoms with Gasteiger partial charge in [0, 0.05) is 38.0 Å². The Kier molecular flexibility index (Phi) is 9.04. The maximum absolute atomic E-state index is 13.0. The van der Waals surface area contributed by atoms with Crippen molar-refractivity contribution in [1.29, 1.82) is 0 Å². The fourth-order valence-corrected chi connectivity index (χ4v) is 6.47. The number of ether oxygens (including phenoxy) is 1. The molecular weight excluding hydrogens is 597 g/mol. The van der Waals surface area contributed by atoms with Gasteiger partial charge in [0.15, 0.2) is 0 Å². The molecule has 32 heavy (non-hydrogen) atoms. The van der Waals surface area contributed by atoms with Crippen molar-refractivity contribution in [2.75, 3.05) is 36.3 Å². The third-order valence-corrected chi connectivity index (χ3v) is 9.29. The van der Waals surface area contributed by atoms with Crippen molar-refractivity contribution in [3.63, 3.8) is 0 Å². The molecule has 0 unspecified atom stereocenters. The number of morpholine rings is 1. The molecule has 0 atom stereocenters. The van der Waals surface area contributed by atoms with Crippen LogP contribution >= 0.6 is 69.4 Å². The number of hydrogen-bond donors (Lipinski definition) is 2. The number of carbonyl (C=O) groups excluding carboxylic acids is 1. The van der Waals surface area contributed by atoms with Crippen LogP contribution in [0.25, 0.3) is 0 Å². The van der Waals surface area contributed by atoms with Crippen molar-refractivity contribution >= 4 is 86.7 Å². The first-order valence-electron chi connectivity index (χ1n) is 9.90. The first kappa shape index (κ1) is 24.2. The van der Waals surface area contributed by atoms with Gasteiger partial charge in [-0.15, -0.1) is 11.3 Å². The quantitative estimate of drug-likeness (QED) is 0.161. The normalized spacial score (nSPS) is 14.3. The molecule has 0 bridgehead atoms. The first-order chi connectivity index (χ1) is 15.6. The van der Waals surface area contributed by atoms with E-state index in [0.29, 0.717) is 10.6 Å². The zero-order valence-electron chi connectivity index (χ0n) is 17.0. The molecule has 1 aromatic heterocycles. The van der Waals surface area contributed by atoms with Gasteiger partial charge in [-0.05, 0) is 78.5 Å². The average Bonchev–Trinajstić information content (AvgIpc) is 3.28. The predicted octanol–water partition coefficient (Wildman–Crippen LogP) is 7.05. The Labute approximate surface area is 219 Å². The molecule has 0 saturated carbocycles. The largest absolute Gasteiger partial charge is 0.379 e. The lowest BCUT2D eigenvalue weighted by atomic mass is 10.1. The lowest BCUT2D eigenvalue weighted by Gasteiger charge is -2.25. The zero-order valence-corrected chi connectivity index (χ0v) is 22.3. The summed E-state index contributed by atoms with van der Waals surface area (Å²) in [5.41, 5.74) is 1.97. The van der Waals surface area contributed by atoms with E-state index in [-0.39, 0.29) is 5.91 Å². The number of thiophene rings is 1. The molecule has 0 spiro atoms. The number of amides is 1. The fourth-order valence-electron chi connectivity index (χ4n) is 2.97. The molecule has 2 N–H and O–H groups in total. The summed E-state index contributed by atoms with van der Waals surface area (Å²) in [4.78, 5) is 15.5. The monoisotopic (exact) mass is 617 g/mol. The highest BCUT2D eigenvalue weighted by Gasteiger charge is 2.15. The summed E-state index contributed by atoms with van der Waals surface area (Å²) in [5, 5.41) is 3.50. The van der Waals surface area contributed by atoms with E-state index in [1.807, 2.05) is 30.3 Å². The smallest absolute Gasteiger partial charge is 0.257 e. The van der Waals surface area contributed by atoms with Gasteiger partial charge in [0.1, 0.15) is 0 Å². The van der Waals surface area contributed by atoms with Crippen molar-refractivity contribution in [2.45, 2.75) is 13.5 Å². The Bertz CT molecular complexity index is 1060. The molecule has 1 amide bonds. The summed E-state index contributed by atoms with van der Waals surface area (Å²) in [6, 6.07) is 17.4. The molecule has 2 heterocycles. The predicted molar refractivity (Wildman–Crippen MR) is 146 cm³/mol. The lowest BCUT2D eigenvalue weighted by Crippen LogP contribution is -2.30. The Morgan fingerprint density at radius 3 is 2.62 bits per heavy atom. The van der Waals surface area contributed by atoms with Crippen molar-refractivity contribution < 1.29 is 9.53 Å². The Balaban J connectivity index is 1.40. The van der Waals surface area contributed by atoms with Gasteiger partial charge in [0.05, 0.1) is 28.7 Å². The average molecular weight is 618 g/mol. The van der Waals surface area contributed by atoms with Crippen LogP contribution in [-0.4, -0.2) is 36.5 Å². The highest BCUT2D eigenvalue weighted by Crippen LogP contribution is 2.32. The summed E-state index contributed by atoms with van der Waals surface area (Å²) in [6.45, 7) is 3.36. The number of nitrogens with one attached hydrogen (secondary N) is 2. The molecule has 0 radical (unpaired) electrons. The van der Waals surface area contributed by atoms with Crippen LogP contribution in [0.2, 0.25) is 5.02 Å². The molecule has 10 heteroatoms. The van der Waals surface area contributed by atoms with E-state index in [0.717, 1.165) is 51.2 Å². The third kappa shape index (κ3) is 6.78. The number of rotatable bonds is 8. The van der Waals surface area contributed by atoms with Crippen LogP contribution in [0, 0.1) is 0 Å². The lowest BCUT2D eigenvalue weighted by molar-refractivity contribution is 0.0773. The van der Waals surface area contributed by atoms with Crippen LogP contribution < -0.4 is 10.0 Å². The van der Waals surface area contributed by atoms with Crippen LogP contribution in [0.5, 0.6) is 0 Å². The Hall–Kier alpha value is -0.950. The number of carbonyl (C=O) groups is 1. The summed E-state index contributed by atoms with van der Waals surface area (Å²) >= 11 is 13.5. The molecule has 0 aliphatic carbocycles. The van der Waals surface area contributed by atoms with Crippen molar-refractivity contribution in [3.8, 4) is 0 Å². The van der Waals surface area contributed by atoms with Gasteiger partial charge in [-0.2, -0.15) is 0 Å². The molecule has 5 nitrogen and oxygen atoms in total. The van der Waals surface area contributed by atoms with Crippen LogP contribution in [-0.2, 0) is 9.16 Å². The van der Waals surface area contributed by atoms with Gasteiger partial charge < -0.3 is 14.8 Å². The first-order valence-corrected chi connectivity index (χ1v) is 14.2. The highest BCUT2D eigenvalue weighted by molar-refractivity contribution is 14.1. The van der Waals surface area contributed by atoms with Crippen LogP contribution in [0.3, 0.4) is 0 Å². The van der Waals surface area contributed by atoms with E-state index < -0.39 is 0 Å². The minimum atomic E-state index is -0.205. The minimum Gasteiger partial charge on any atom is -0.379 e. The number of anilines is 2. The summed E-state index contributed by atoms with van der Waals surface area (Å²) in [6.07, 6.45) is 0. The molecule has 1 saturated heterocycles. The molecule has 1 fully saturated rings.